The molecule has 0 aliphatic rings. The number of hydrogen-bond acceptors (Lipinski definition) is 3. The molecule has 3 N–H and O–H groups in total. The number of fused-ring (bicyclic) bond motifs is 3. The van der Waals surface area contributed by atoms with Gasteiger partial charge in [-0.05, 0) is 42.0 Å². The summed E-state index contributed by atoms with van der Waals surface area (Å²) in [5, 5.41) is 12.6. The summed E-state index contributed by atoms with van der Waals surface area (Å²) in [4.78, 5) is 4.55. The number of phenols is 1. The van der Waals surface area contributed by atoms with E-state index in [1.165, 1.54) is 0 Å². The summed E-state index contributed by atoms with van der Waals surface area (Å²) in [6.07, 6.45) is 1.79. The third-order valence-corrected chi connectivity index (χ3v) is 4.92. The van der Waals surface area contributed by atoms with Gasteiger partial charge < -0.3 is 10.8 Å². The van der Waals surface area contributed by atoms with E-state index >= 15 is 0 Å². The van der Waals surface area contributed by atoms with Gasteiger partial charge in [-0.25, -0.2) is 4.98 Å². The molecule has 130 valence electrons. The molecule has 0 unspecified atom stereocenters. The van der Waals surface area contributed by atoms with Gasteiger partial charge in [0.05, 0.1) is 11.0 Å². The largest absolute Gasteiger partial charge is 0.507 e. The van der Waals surface area contributed by atoms with Crippen molar-refractivity contribution in [3.63, 3.8) is 0 Å². The SMILES string of the molecule is Nc1cccc(O)c1-c1ccc2c3ccccc3n(-c3ccccn3)c2c1. The third kappa shape index (κ3) is 2.34. The van der Waals surface area contributed by atoms with Crippen LogP contribution in [0.25, 0.3) is 38.8 Å². The van der Waals surface area contributed by atoms with Gasteiger partial charge in [0.25, 0.3) is 0 Å². The maximum atomic E-state index is 10.3. The fourth-order valence-electron chi connectivity index (χ4n) is 3.73. The smallest absolute Gasteiger partial charge is 0.137 e. The van der Waals surface area contributed by atoms with Crippen molar-refractivity contribution >= 4 is 27.5 Å². The Labute approximate surface area is 156 Å². The highest BCUT2D eigenvalue weighted by Gasteiger charge is 2.15. The van der Waals surface area contributed by atoms with Crippen LogP contribution in [0.1, 0.15) is 0 Å². The zero-order chi connectivity index (χ0) is 18.4. The van der Waals surface area contributed by atoms with E-state index in [4.69, 9.17) is 5.73 Å². The average molecular weight is 351 g/mol. The summed E-state index contributed by atoms with van der Waals surface area (Å²) in [6, 6.07) is 25.5. The molecule has 0 bridgehead atoms. The van der Waals surface area contributed by atoms with Gasteiger partial charge in [-0.15, -0.1) is 0 Å². The van der Waals surface area contributed by atoms with Crippen molar-refractivity contribution in [2.24, 2.45) is 0 Å². The van der Waals surface area contributed by atoms with Crippen molar-refractivity contribution in [2.45, 2.75) is 0 Å². The van der Waals surface area contributed by atoms with E-state index in [0.717, 1.165) is 33.2 Å². The maximum absolute atomic E-state index is 10.3. The zero-order valence-electron chi connectivity index (χ0n) is 14.5. The first kappa shape index (κ1) is 15.5. The van der Waals surface area contributed by atoms with Gasteiger partial charge in [0.15, 0.2) is 0 Å². The molecule has 4 heteroatoms. The second kappa shape index (κ2) is 5.88. The quantitative estimate of drug-likeness (QED) is 0.433. The summed E-state index contributed by atoms with van der Waals surface area (Å²) in [5.41, 5.74) is 10.3. The fourth-order valence-corrected chi connectivity index (χ4v) is 3.73. The van der Waals surface area contributed by atoms with E-state index < -0.39 is 0 Å². The number of hydrogen-bond donors (Lipinski definition) is 2. The molecule has 0 saturated carbocycles. The number of pyridine rings is 1. The van der Waals surface area contributed by atoms with Gasteiger partial charge in [-0.3, -0.25) is 4.57 Å². The number of aromatic hydroxyl groups is 1. The predicted octanol–water partition coefficient (Wildman–Crippen LogP) is 5.13. The van der Waals surface area contributed by atoms with Crippen LogP contribution in [-0.4, -0.2) is 14.7 Å². The van der Waals surface area contributed by atoms with Crippen molar-refractivity contribution in [1.29, 1.82) is 0 Å². The molecular formula is C23H17N3O. The van der Waals surface area contributed by atoms with Crippen LogP contribution in [-0.2, 0) is 0 Å². The molecule has 4 nitrogen and oxygen atoms in total. The molecule has 0 spiro atoms. The molecule has 0 aliphatic carbocycles. The predicted molar refractivity (Wildman–Crippen MR) is 110 cm³/mol. The molecule has 0 atom stereocenters. The molecule has 5 aromatic rings. The number of phenolic OH excluding ortho intramolecular Hbond substituents is 1. The first-order valence-electron chi connectivity index (χ1n) is 8.76. The molecule has 3 aromatic carbocycles. The van der Waals surface area contributed by atoms with E-state index in [9.17, 15) is 5.11 Å². The number of nitrogens with two attached hydrogens (primary N) is 1. The van der Waals surface area contributed by atoms with E-state index in [1.807, 2.05) is 36.4 Å². The Bertz CT molecular complexity index is 1270. The lowest BCUT2D eigenvalue weighted by Gasteiger charge is -2.10. The number of rotatable bonds is 2. The van der Waals surface area contributed by atoms with Gasteiger partial charge in [0.1, 0.15) is 11.6 Å². The Balaban J connectivity index is 1.89. The highest BCUT2D eigenvalue weighted by atomic mass is 16.3. The van der Waals surface area contributed by atoms with Crippen molar-refractivity contribution < 1.29 is 5.11 Å². The van der Waals surface area contributed by atoms with Gasteiger partial charge in [-0.2, -0.15) is 0 Å². The standard InChI is InChI=1S/C23H17N3O/c24-18-7-5-9-21(27)23(18)15-11-12-17-16-6-1-2-8-19(16)26(20(17)14-15)22-10-3-4-13-25-22/h1-14,27H,24H2. The molecule has 2 aromatic heterocycles. The lowest BCUT2D eigenvalue weighted by Crippen LogP contribution is -1.96. The summed E-state index contributed by atoms with van der Waals surface area (Å²) in [5.74, 6) is 1.03. The van der Waals surface area contributed by atoms with Gasteiger partial charge >= 0.3 is 0 Å². The van der Waals surface area contributed by atoms with E-state index in [2.05, 4.69) is 33.8 Å². The van der Waals surface area contributed by atoms with Gasteiger partial charge in [0, 0.05) is 28.2 Å². The molecule has 0 fully saturated rings. The van der Waals surface area contributed by atoms with Crippen LogP contribution in [0, 0.1) is 0 Å². The first-order chi connectivity index (χ1) is 13.2. The summed E-state index contributed by atoms with van der Waals surface area (Å²) < 4.78 is 2.14. The lowest BCUT2D eigenvalue weighted by atomic mass is 10.0. The van der Waals surface area contributed by atoms with Crippen LogP contribution >= 0.6 is 0 Å². The summed E-state index contributed by atoms with van der Waals surface area (Å²) >= 11 is 0. The molecule has 2 heterocycles. The second-order valence-electron chi connectivity index (χ2n) is 6.51. The minimum absolute atomic E-state index is 0.176. The Morgan fingerprint density at radius 2 is 1.59 bits per heavy atom. The number of para-hydroxylation sites is 1. The third-order valence-electron chi connectivity index (χ3n) is 4.92. The van der Waals surface area contributed by atoms with Crippen molar-refractivity contribution in [3.05, 3.63) is 85.1 Å². The number of aromatic nitrogens is 2. The Morgan fingerprint density at radius 3 is 2.41 bits per heavy atom. The first-order valence-corrected chi connectivity index (χ1v) is 8.76. The van der Waals surface area contributed by atoms with E-state index in [-0.39, 0.29) is 5.75 Å². The molecule has 0 aliphatic heterocycles. The van der Waals surface area contributed by atoms with Crippen LogP contribution in [0.3, 0.4) is 0 Å². The van der Waals surface area contributed by atoms with Gasteiger partial charge in [-0.1, -0.05) is 42.5 Å². The zero-order valence-corrected chi connectivity index (χ0v) is 14.5. The summed E-state index contributed by atoms with van der Waals surface area (Å²) in [6.45, 7) is 0. The topological polar surface area (TPSA) is 64.1 Å². The number of nitrogens with zero attached hydrogens (tertiary/aromatic N) is 2. The molecular weight excluding hydrogens is 334 g/mol. The number of nitrogen functional groups attached to an aromatic ring is 1. The molecule has 5 rings (SSSR count). The normalized spacial score (nSPS) is 11.3. The van der Waals surface area contributed by atoms with Crippen LogP contribution in [0.4, 0.5) is 5.69 Å². The van der Waals surface area contributed by atoms with Crippen LogP contribution in [0.15, 0.2) is 85.1 Å². The van der Waals surface area contributed by atoms with Crippen LogP contribution in [0.2, 0.25) is 0 Å². The van der Waals surface area contributed by atoms with E-state index in [1.54, 1.807) is 24.4 Å². The Hall–Kier alpha value is -3.79. The highest BCUT2D eigenvalue weighted by molar-refractivity contribution is 6.10. The molecule has 0 radical (unpaired) electrons. The lowest BCUT2D eigenvalue weighted by molar-refractivity contribution is 0.477. The molecule has 0 amide bonds. The minimum Gasteiger partial charge on any atom is -0.507 e. The van der Waals surface area contributed by atoms with Crippen molar-refractivity contribution in [1.82, 2.24) is 9.55 Å². The fraction of sp³-hybridized carbons (Fsp3) is 0. The van der Waals surface area contributed by atoms with Crippen LogP contribution in [0.5, 0.6) is 5.75 Å². The minimum atomic E-state index is 0.176. The maximum Gasteiger partial charge on any atom is 0.137 e. The summed E-state index contributed by atoms with van der Waals surface area (Å²) in [7, 11) is 0. The average Bonchev–Trinajstić information content (AvgIpc) is 3.02. The van der Waals surface area contributed by atoms with Crippen molar-refractivity contribution in [3.8, 4) is 22.7 Å². The number of benzene rings is 3. The highest BCUT2D eigenvalue weighted by Crippen LogP contribution is 2.38. The monoisotopic (exact) mass is 351 g/mol. The molecule has 27 heavy (non-hydrogen) atoms. The molecule has 0 saturated heterocycles. The Kier molecular flexibility index (Phi) is 3.37. The van der Waals surface area contributed by atoms with Gasteiger partial charge in [0.2, 0.25) is 0 Å². The number of anilines is 1. The second-order valence-corrected chi connectivity index (χ2v) is 6.51. The van der Waals surface area contributed by atoms with Crippen LogP contribution < -0.4 is 5.73 Å². The van der Waals surface area contributed by atoms with Crippen molar-refractivity contribution in [2.75, 3.05) is 5.73 Å². The Morgan fingerprint density at radius 1 is 0.778 bits per heavy atom. The van der Waals surface area contributed by atoms with E-state index in [0.29, 0.717) is 11.3 Å².